The lowest BCUT2D eigenvalue weighted by molar-refractivity contribution is 0.0935. The molecule has 0 bridgehead atoms. The third kappa shape index (κ3) is 2.59. The molecule has 1 aliphatic carbocycles. The first-order chi connectivity index (χ1) is 8.83. The molecule has 98 valence electrons. The van der Waals surface area contributed by atoms with Gasteiger partial charge in [0.2, 0.25) is 0 Å². The summed E-state index contributed by atoms with van der Waals surface area (Å²) in [4.78, 5) is 14.6. The molecule has 1 fully saturated rings. The highest BCUT2D eigenvalue weighted by molar-refractivity contribution is 7.14. The highest BCUT2D eigenvalue weighted by atomic mass is 32.1. The Morgan fingerprint density at radius 2 is 2.22 bits per heavy atom. The van der Waals surface area contributed by atoms with Crippen LogP contribution in [0.25, 0.3) is 0 Å². The molecule has 0 aromatic carbocycles. The van der Waals surface area contributed by atoms with Crippen LogP contribution >= 0.6 is 11.3 Å². The summed E-state index contributed by atoms with van der Waals surface area (Å²) in [5, 5.41) is 6.48. The van der Waals surface area contributed by atoms with Gasteiger partial charge in [-0.2, -0.15) is 0 Å². The minimum absolute atomic E-state index is 0.128. The van der Waals surface area contributed by atoms with Gasteiger partial charge in [0.1, 0.15) is 0 Å². The third-order valence-corrected chi connectivity index (χ3v) is 5.09. The van der Waals surface area contributed by atoms with Crippen molar-refractivity contribution in [3.8, 4) is 0 Å². The van der Waals surface area contributed by atoms with E-state index in [1.54, 1.807) is 11.3 Å². The fourth-order valence-electron chi connectivity index (χ4n) is 2.83. The summed E-state index contributed by atoms with van der Waals surface area (Å²) in [6.45, 7) is 2.00. The van der Waals surface area contributed by atoms with Crippen molar-refractivity contribution in [1.82, 2.24) is 10.6 Å². The predicted octanol–water partition coefficient (Wildman–Crippen LogP) is 2.11. The van der Waals surface area contributed by atoms with Crippen LogP contribution in [0.2, 0.25) is 0 Å². The fourth-order valence-corrected chi connectivity index (χ4v) is 3.99. The zero-order valence-electron chi connectivity index (χ0n) is 10.6. The highest BCUT2D eigenvalue weighted by Crippen LogP contribution is 2.29. The first-order valence-corrected chi connectivity index (χ1v) is 7.78. The molecule has 2 N–H and O–H groups in total. The van der Waals surface area contributed by atoms with E-state index in [1.165, 1.54) is 23.3 Å². The van der Waals surface area contributed by atoms with Crippen LogP contribution in [0.5, 0.6) is 0 Å². The average Bonchev–Trinajstić information content (AvgIpc) is 2.84. The minimum atomic E-state index is 0.128. The zero-order chi connectivity index (χ0) is 12.4. The van der Waals surface area contributed by atoms with E-state index < -0.39 is 0 Å². The normalized spacial score (nSPS) is 23.4. The quantitative estimate of drug-likeness (QED) is 0.859. The Kier molecular flexibility index (Phi) is 3.66. The van der Waals surface area contributed by atoms with Gasteiger partial charge in [0.15, 0.2) is 0 Å². The first-order valence-electron chi connectivity index (χ1n) is 6.96. The average molecular weight is 264 g/mol. The van der Waals surface area contributed by atoms with Crippen molar-refractivity contribution >= 4 is 17.2 Å². The van der Waals surface area contributed by atoms with Crippen LogP contribution in [0, 0.1) is 0 Å². The van der Waals surface area contributed by atoms with Crippen LogP contribution < -0.4 is 10.6 Å². The number of thiophene rings is 1. The molecule has 1 aromatic rings. The number of rotatable bonds is 2. The van der Waals surface area contributed by atoms with Gasteiger partial charge in [0, 0.05) is 17.5 Å². The summed E-state index contributed by atoms with van der Waals surface area (Å²) in [5.41, 5.74) is 1.41. The van der Waals surface area contributed by atoms with Gasteiger partial charge in [-0.15, -0.1) is 11.3 Å². The number of hydrogen-bond donors (Lipinski definition) is 2. The van der Waals surface area contributed by atoms with Crippen molar-refractivity contribution < 1.29 is 4.79 Å². The Balaban J connectivity index is 1.66. The first kappa shape index (κ1) is 12.2. The van der Waals surface area contributed by atoms with Crippen molar-refractivity contribution in [1.29, 1.82) is 0 Å². The van der Waals surface area contributed by atoms with Crippen LogP contribution in [0.4, 0.5) is 0 Å². The molecule has 2 heterocycles. The lowest BCUT2D eigenvalue weighted by atomic mass is 9.99. The Morgan fingerprint density at radius 3 is 3.00 bits per heavy atom. The lowest BCUT2D eigenvalue weighted by Crippen LogP contribution is -2.45. The van der Waals surface area contributed by atoms with E-state index in [0.29, 0.717) is 6.04 Å². The molecular formula is C14H20N2OS. The number of hydrogen-bond acceptors (Lipinski definition) is 3. The molecule has 3 nitrogen and oxygen atoms in total. The SMILES string of the molecule is O=C(N[C@H]1CCCNC1)c1cc2c(s1)CCCC2. The van der Waals surface area contributed by atoms with E-state index in [4.69, 9.17) is 0 Å². The maximum atomic E-state index is 12.2. The molecule has 2 aliphatic rings. The Hall–Kier alpha value is -0.870. The highest BCUT2D eigenvalue weighted by Gasteiger charge is 2.20. The van der Waals surface area contributed by atoms with E-state index >= 15 is 0 Å². The predicted molar refractivity (Wildman–Crippen MR) is 74.3 cm³/mol. The molecule has 1 amide bonds. The summed E-state index contributed by atoms with van der Waals surface area (Å²) < 4.78 is 0. The van der Waals surface area contributed by atoms with Crippen LogP contribution in [-0.4, -0.2) is 25.0 Å². The van der Waals surface area contributed by atoms with Crippen LogP contribution in [0.15, 0.2) is 6.07 Å². The second-order valence-corrected chi connectivity index (χ2v) is 6.42. The summed E-state index contributed by atoms with van der Waals surface area (Å²) in [5.74, 6) is 0.128. The summed E-state index contributed by atoms with van der Waals surface area (Å²) in [6, 6.07) is 2.43. The molecule has 1 aliphatic heterocycles. The van der Waals surface area contributed by atoms with E-state index in [9.17, 15) is 4.79 Å². The maximum Gasteiger partial charge on any atom is 0.261 e. The van der Waals surface area contributed by atoms with Gasteiger partial charge in [-0.1, -0.05) is 0 Å². The molecule has 1 atom stereocenters. The van der Waals surface area contributed by atoms with Gasteiger partial charge in [-0.05, 0) is 56.7 Å². The third-order valence-electron chi connectivity index (χ3n) is 3.85. The van der Waals surface area contributed by atoms with Crippen molar-refractivity contribution in [3.05, 3.63) is 21.4 Å². The number of carbonyl (C=O) groups is 1. The standard InChI is InChI=1S/C14H20N2OS/c17-14(16-11-5-3-7-15-9-11)13-8-10-4-1-2-6-12(10)18-13/h8,11,15H,1-7,9H2,(H,16,17)/t11-/m0/s1. The van der Waals surface area contributed by atoms with E-state index in [0.717, 1.165) is 43.6 Å². The zero-order valence-corrected chi connectivity index (χ0v) is 11.4. The Bertz CT molecular complexity index is 412. The number of aryl methyl sites for hydroxylation is 2. The topological polar surface area (TPSA) is 41.1 Å². The molecule has 0 radical (unpaired) electrons. The second kappa shape index (κ2) is 5.41. The maximum absolute atomic E-state index is 12.2. The van der Waals surface area contributed by atoms with Gasteiger partial charge in [0.05, 0.1) is 4.88 Å². The van der Waals surface area contributed by atoms with Gasteiger partial charge in [0.25, 0.3) is 5.91 Å². The van der Waals surface area contributed by atoms with Crippen molar-refractivity contribution in [2.24, 2.45) is 0 Å². The number of piperidine rings is 1. The molecule has 0 saturated carbocycles. The van der Waals surface area contributed by atoms with Crippen LogP contribution in [0.1, 0.15) is 45.8 Å². The summed E-state index contributed by atoms with van der Waals surface area (Å²) >= 11 is 1.70. The number of fused-ring (bicyclic) bond motifs is 1. The smallest absolute Gasteiger partial charge is 0.261 e. The van der Waals surface area contributed by atoms with Crippen LogP contribution in [0.3, 0.4) is 0 Å². The Morgan fingerprint density at radius 1 is 1.33 bits per heavy atom. The van der Waals surface area contributed by atoms with Gasteiger partial charge in [-0.25, -0.2) is 0 Å². The molecular weight excluding hydrogens is 244 g/mol. The molecule has 1 aromatic heterocycles. The molecule has 3 rings (SSSR count). The van der Waals surface area contributed by atoms with E-state index in [1.807, 2.05) is 0 Å². The van der Waals surface area contributed by atoms with Gasteiger partial charge in [-0.3, -0.25) is 4.79 Å². The number of carbonyl (C=O) groups excluding carboxylic acids is 1. The monoisotopic (exact) mass is 264 g/mol. The lowest BCUT2D eigenvalue weighted by Gasteiger charge is -2.23. The van der Waals surface area contributed by atoms with Crippen molar-refractivity contribution in [2.45, 2.75) is 44.6 Å². The van der Waals surface area contributed by atoms with Crippen molar-refractivity contribution in [3.63, 3.8) is 0 Å². The fraction of sp³-hybridized carbons (Fsp3) is 0.643. The largest absolute Gasteiger partial charge is 0.347 e. The van der Waals surface area contributed by atoms with E-state index in [2.05, 4.69) is 16.7 Å². The second-order valence-electron chi connectivity index (χ2n) is 5.28. The minimum Gasteiger partial charge on any atom is -0.347 e. The number of nitrogens with one attached hydrogen (secondary N) is 2. The van der Waals surface area contributed by atoms with E-state index in [-0.39, 0.29) is 5.91 Å². The molecule has 0 unspecified atom stereocenters. The van der Waals surface area contributed by atoms with Crippen molar-refractivity contribution in [2.75, 3.05) is 13.1 Å². The van der Waals surface area contributed by atoms with Crippen LogP contribution in [-0.2, 0) is 12.8 Å². The Labute approximate surface area is 112 Å². The molecule has 18 heavy (non-hydrogen) atoms. The molecule has 4 heteroatoms. The van der Waals surface area contributed by atoms with Gasteiger partial charge >= 0.3 is 0 Å². The summed E-state index contributed by atoms with van der Waals surface area (Å²) in [6.07, 6.45) is 7.14. The molecule has 0 spiro atoms. The summed E-state index contributed by atoms with van der Waals surface area (Å²) in [7, 11) is 0. The molecule has 1 saturated heterocycles. The van der Waals surface area contributed by atoms with Gasteiger partial charge < -0.3 is 10.6 Å². The number of amides is 1.